The van der Waals surface area contributed by atoms with E-state index >= 15 is 0 Å². The Morgan fingerprint density at radius 3 is 1.77 bits per heavy atom. The summed E-state index contributed by atoms with van der Waals surface area (Å²) in [4.78, 5) is 0. The molecule has 0 aromatic heterocycles. The van der Waals surface area contributed by atoms with Gasteiger partial charge in [-0.15, -0.1) is 0 Å². The van der Waals surface area contributed by atoms with Gasteiger partial charge in [0.1, 0.15) is 11.6 Å². The van der Waals surface area contributed by atoms with E-state index in [-0.39, 0.29) is 17.6 Å². The van der Waals surface area contributed by atoms with E-state index in [0.717, 1.165) is 33.0 Å². The Labute approximate surface area is 151 Å². The molecule has 0 radical (unpaired) electrons. The molecule has 0 N–H and O–H groups in total. The second-order valence-electron chi connectivity index (χ2n) is 6.61. The van der Waals surface area contributed by atoms with Crippen molar-refractivity contribution in [2.45, 2.75) is 12.8 Å². The summed E-state index contributed by atoms with van der Waals surface area (Å²) in [7, 11) is 0. The molecule has 0 nitrogen and oxygen atoms in total. The van der Waals surface area contributed by atoms with Gasteiger partial charge in [-0.25, -0.2) is 8.78 Å². The van der Waals surface area contributed by atoms with Crippen LogP contribution in [0.3, 0.4) is 0 Å². The van der Waals surface area contributed by atoms with Crippen molar-refractivity contribution in [3.63, 3.8) is 0 Å². The minimum Gasteiger partial charge on any atom is -0.207 e. The van der Waals surface area contributed by atoms with E-state index in [2.05, 4.69) is 31.2 Å². The van der Waals surface area contributed by atoms with Crippen LogP contribution in [0, 0.1) is 18.6 Å². The molecule has 0 saturated heterocycles. The summed E-state index contributed by atoms with van der Waals surface area (Å²) < 4.78 is 27.0. The molecular weight excluding hydrogens is 326 g/mol. The monoisotopic (exact) mass is 344 g/mol. The standard InChI is InChI=1S/C24H18F2/c1-16-14-19-4-2-3-5-22(19)23(15-16)24(17-6-10-20(25)11-7-17)18-8-12-21(26)13-9-18/h2-15,24H,1H3. The van der Waals surface area contributed by atoms with Gasteiger partial charge in [-0.3, -0.25) is 0 Å². The van der Waals surface area contributed by atoms with Crippen LogP contribution in [0.1, 0.15) is 28.2 Å². The summed E-state index contributed by atoms with van der Waals surface area (Å²) in [6.45, 7) is 2.07. The second kappa shape index (κ2) is 6.72. The topological polar surface area (TPSA) is 0 Å². The Hall–Kier alpha value is -3.00. The highest BCUT2D eigenvalue weighted by atomic mass is 19.1. The second-order valence-corrected chi connectivity index (χ2v) is 6.61. The SMILES string of the molecule is Cc1cc(C(c2ccc(F)cc2)c2ccc(F)cc2)c2ccccc2c1. The summed E-state index contributed by atoms with van der Waals surface area (Å²) in [6, 6.07) is 25.7. The smallest absolute Gasteiger partial charge is 0.123 e. The highest BCUT2D eigenvalue weighted by molar-refractivity contribution is 5.88. The third-order valence-electron chi connectivity index (χ3n) is 4.76. The third-order valence-corrected chi connectivity index (χ3v) is 4.76. The van der Waals surface area contributed by atoms with Gasteiger partial charge in [0, 0.05) is 5.92 Å². The first kappa shape index (κ1) is 16.5. The Kier molecular flexibility index (Phi) is 4.26. The largest absolute Gasteiger partial charge is 0.207 e. The molecule has 0 fully saturated rings. The lowest BCUT2D eigenvalue weighted by Gasteiger charge is -2.21. The molecule has 0 heterocycles. The van der Waals surface area contributed by atoms with Crippen LogP contribution < -0.4 is 0 Å². The van der Waals surface area contributed by atoms with Gasteiger partial charge in [0.05, 0.1) is 0 Å². The number of aryl methyl sites for hydroxylation is 1. The van der Waals surface area contributed by atoms with E-state index < -0.39 is 0 Å². The number of rotatable bonds is 3. The first-order valence-electron chi connectivity index (χ1n) is 8.62. The van der Waals surface area contributed by atoms with Gasteiger partial charge < -0.3 is 0 Å². The van der Waals surface area contributed by atoms with E-state index in [1.165, 1.54) is 24.3 Å². The van der Waals surface area contributed by atoms with Crippen LogP contribution in [-0.4, -0.2) is 0 Å². The van der Waals surface area contributed by atoms with Crippen LogP contribution >= 0.6 is 0 Å². The van der Waals surface area contributed by atoms with Crippen molar-refractivity contribution in [1.82, 2.24) is 0 Å². The molecule has 26 heavy (non-hydrogen) atoms. The van der Waals surface area contributed by atoms with E-state index in [9.17, 15) is 8.78 Å². The minimum atomic E-state index is -0.263. The van der Waals surface area contributed by atoms with Gasteiger partial charge in [0.15, 0.2) is 0 Å². The number of benzene rings is 4. The normalized spacial score (nSPS) is 11.2. The van der Waals surface area contributed by atoms with Crippen molar-refractivity contribution in [3.8, 4) is 0 Å². The van der Waals surface area contributed by atoms with E-state index in [1.807, 2.05) is 12.1 Å². The van der Waals surface area contributed by atoms with Crippen molar-refractivity contribution in [1.29, 1.82) is 0 Å². The zero-order valence-electron chi connectivity index (χ0n) is 14.4. The molecule has 4 aromatic rings. The van der Waals surface area contributed by atoms with E-state index in [0.29, 0.717) is 0 Å². The highest BCUT2D eigenvalue weighted by Crippen LogP contribution is 2.37. The molecule has 128 valence electrons. The molecule has 0 amide bonds. The zero-order chi connectivity index (χ0) is 18.1. The van der Waals surface area contributed by atoms with Gasteiger partial charge in [-0.1, -0.05) is 66.2 Å². The predicted molar refractivity (Wildman–Crippen MR) is 102 cm³/mol. The molecule has 0 aliphatic rings. The lowest BCUT2D eigenvalue weighted by atomic mass is 9.82. The quantitative estimate of drug-likeness (QED) is 0.367. The fourth-order valence-corrected chi connectivity index (χ4v) is 3.60. The maximum atomic E-state index is 13.5. The molecular formula is C24H18F2. The number of hydrogen-bond acceptors (Lipinski definition) is 0. The number of hydrogen-bond donors (Lipinski definition) is 0. The van der Waals surface area contributed by atoms with Gasteiger partial charge in [0.2, 0.25) is 0 Å². The predicted octanol–water partition coefficient (Wildman–Crippen LogP) is 6.61. The van der Waals surface area contributed by atoms with E-state index in [1.54, 1.807) is 24.3 Å². The van der Waals surface area contributed by atoms with Crippen LogP contribution in [0.25, 0.3) is 10.8 Å². The van der Waals surface area contributed by atoms with Crippen LogP contribution in [-0.2, 0) is 0 Å². The molecule has 4 rings (SSSR count). The van der Waals surface area contributed by atoms with Crippen molar-refractivity contribution < 1.29 is 8.78 Å². The van der Waals surface area contributed by atoms with Crippen molar-refractivity contribution in [2.24, 2.45) is 0 Å². The summed E-state index contributed by atoms with van der Waals surface area (Å²) in [5, 5.41) is 2.31. The Morgan fingerprint density at radius 2 is 1.19 bits per heavy atom. The molecule has 0 aliphatic heterocycles. The fraction of sp³-hybridized carbons (Fsp3) is 0.0833. The first-order valence-corrected chi connectivity index (χ1v) is 8.62. The molecule has 0 spiro atoms. The Bertz CT molecular complexity index is 1000. The minimum absolute atomic E-state index is 0.0963. The van der Waals surface area contributed by atoms with Crippen LogP contribution in [0.15, 0.2) is 84.9 Å². The van der Waals surface area contributed by atoms with Gasteiger partial charge in [-0.05, 0) is 58.7 Å². The van der Waals surface area contributed by atoms with Crippen LogP contribution in [0.4, 0.5) is 8.78 Å². The average Bonchev–Trinajstić information content (AvgIpc) is 2.65. The van der Waals surface area contributed by atoms with Gasteiger partial charge in [0.25, 0.3) is 0 Å². The van der Waals surface area contributed by atoms with Crippen molar-refractivity contribution in [2.75, 3.05) is 0 Å². The fourth-order valence-electron chi connectivity index (χ4n) is 3.60. The molecule has 0 atom stereocenters. The Morgan fingerprint density at radius 1 is 0.654 bits per heavy atom. The van der Waals surface area contributed by atoms with Crippen molar-refractivity contribution >= 4 is 10.8 Å². The molecule has 0 bridgehead atoms. The molecule has 2 heteroatoms. The van der Waals surface area contributed by atoms with Gasteiger partial charge in [-0.2, -0.15) is 0 Å². The van der Waals surface area contributed by atoms with Crippen molar-refractivity contribution in [3.05, 3.63) is 119 Å². The zero-order valence-corrected chi connectivity index (χ0v) is 14.4. The Balaban J connectivity index is 1.99. The summed E-state index contributed by atoms with van der Waals surface area (Å²) >= 11 is 0. The van der Waals surface area contributed by atoms with Crippen LogP contribution in [0.5, 0.6) is 0 Å². The number of halogens is 2. The first-order chi connectivity index (χ1) is 12.6. The summed E-state index contributed by atoms with van der Waals surface area (Å²) in [5.74, 6) is -0.623. The van der Waals surface area contributed by atoms with E-state index in [4.69, 9.17) is 0 Å². The molecule has 4 aromatic carbocycles. The number of fused-ring (bicyclic) bond motifs is 1. The molecule has 0 unspecified atom stereocenters. The maximum Gasteiger partial charge on any atom is 0.123 e. The summed E-state index contributed by atoms with van der Waals surface area (Å²) in [5.41, 5.74) is 4.26. The summed E-state index contributed by atoms with van der Waals surface area (Å²) in [6.07, 6.45) is 0. The molecule has 0 saturated carbocycles. The lowest BCUT2D eigenvalue weighted by Crippen LogP contribution is -2.05. The third kappa shape index (κ3) is 3.11. The average molecular weight is 344 g/mol. The van der Waals surface area contributed by atoms with Gasteiger partial charge >= 0.3 is 0 Å². The molecule has 0 aliphatic carbocycles. The highest BCUT2D eigenvalue weighted by Gasteiger charge is 2.19. The lowest BCUT2D eigenvalue weighted by molar-refractivity contribution is 0.626. The maximum absolute atomic E-state index is 13.5. The van der Waals surface area contributed by atoms with Crippen LogP contribution in [0.2, 0.25) is 0 Å².